The lowest BCUT2D eigenvalue weighted by Gasteiger charge is -2.21. The minimum Gasteiger partial charge on any atom is -0.324 e. The number of aromatic nitrogens is 1. The second kappa shape index (κ2) is 5.13. The molecule has 2 N–H and O–H groups in total. The molecule has 0 radical (unpaired) electrons. The van der Waals surface area contributed by atoms with Crippen molar-refractivity contribution in [2.75, 3.05) is 5.32 Å². The van der Waals surface area contributed by atoms with Crippen molar-refractivity contribution in [2.24, 2.45) is 4.99 Å². The number of hydrogen-bond donors (Lipinski definition) is 2. The Hall–Kier alpha value is -2.48. The quantitative estimate of drug-likeness (QED) is 0.880. The Morgan fingerprint density at radius 3 is 2.86 bits per heavy atom. The van der Waals surface area contributed by atoms with Crippen LogP contribution in [0.4, 0.5) is 10.1 Å². The van der Waals surface area contributed by atoms with Crippen molar-refractivity contribution in [1.82, 2.24) is 9.71 Å². The molecule has 2 heterocycles. The average molecular weight is 306 g/mol. The number of sulfonamides is 1. The van der Waals surface area contributed by atoms with Gasteiger partial charge >= 0.3 is 0 Å². The topological polar surface area (TPSA) is 83.5 Å². The maximum atomic E-state index is 13.1. The van der Waals surface area contributed by atoms with E-state index in [2.05, 4.69) is 20.0 Å². The van der Waals surface area contributed by atoms with Gasteiger partial charge in [0.1, 0.15) is 10.7 Å². The Balaban J connectivity index is 1.90. The molecule has 1 aliphatic heterocycles. The highest BCUT2D eigenvalue weighted by molar-refractivity contribution is 7.90. The van der Waals surface area contributed by atoms with E-state index in [0.717, 1.165) is 6.07 Å². The Morgan fingerprint density at radius 1 is 1.24 bits per heavy atom. The zero-order valence-corrected chi connectivity index (χ0v) is 11.6. The molecule has 0 atom stereocenters. The van der Waals surface area contributed by atoms with Crippen molar-refractivity contribution in [2.45, 2.75) is 11.4 Å². The molecule has 1 aromatic heterocycles. The van der Waals surface area contributed by atoms with E-state index in [1.54, 1.807) is 18.3 Å². The molecule has 3 rings (SSSR count). The predicted molar refractivity (Wildman–Crippen MR) is 75.7 cm³/mol. The second-order valence-corrected chi connectivity index (χ2v) is 6.01. The molecular formula is C13H11FN4O2S. The molecule has 0 saturated heterocycles. The number of pyridine rings is 1. The van der Waals surface area contributed by atoms with Crippen molar-refractivity contribution in [3.63, 3.8) is 0 Å². The van der Waals surface area contributed by atoms with E-state index in [0.29, 0.717) is 5.69 Å². The van der Waals surface area contributed by atoms with Crippen LogP contribution in [0.5, 0.6) is 0 Å². The number of hydrogen-bond acceptors (Lipinski definition) is 4. The van der Waals surface area contributed by atoms with Gasteiger partial charge in [0, 0.05) is 6.20 Å². The highest BCUT2D eigenvalue weighted by atomic mass is 32.2. The fourth-order valence-corrected chi connectivity index (χ4v) is 3.04. The van der Waals surface area contributed by atoms with Crippen LogP contribution in [-0.2, 0) is 16.6 Å². The number of guanidine groups is 1. The first-order chi connectivity index (χ1) is 10.0. The van der Waals surface area contributed by atoms with Gasteiger partial charge in [-0.05, 0) is 30.3 Å². The molecule has 0 fully saturated rings. The van der Waals surface area contributed by atoms with Crippen molar-refractivity contribution >= 4 is 21.7 Å². The molecule has 6 nitrogen and oxygen atoms in total. The Bertz CT molecular complexity index is 806. The van der Waals surface area contributed by atoms with Crippen molar-refractivity contribution in [1.29, 1.82) is 0 Å². The summed E-state index contributed by atoms with van der Waals surface area (Å²) in [5, 5.41) is 2.82. The highest BCUT2D eigenvalue weighted by Gasteiger charge is 2.26. The van der Waals surface area contributed by atoms with Gasteiger partial charge in [-0.1, -0.05) is 6.07 Å². The highest BCUT2D eigenvalue weighted by Crippen LogP contribution is 2.25. The summed E-state index contributed by atoms with van der Waals surface area (Å²) in [4.78, 5) is 8.08. The van der Waals surface area contributed by atoms with E-state index in [1.807, 2.05) is 6.07 Å². The standard InChI is InChI=1S/C13H11FN4O2S/c14-9-4-5-11-12(7-9)21(19,20)18-13(17-11)16-8-10-3-1-2-6-15-10/h1-7H,8H2,(H2,16,17,18). The average Bonchev–Trinajstić information content (AvgIpc) is 2.47. The lowest BCUT2D eigenvalue weighted by atomic mass is 10.3. The van der Waals surface area contributed by atoms with Gasteiger partial charge in [-0.2, -0.15) is 0 Å². The summed E-state index contributed by atoms with van der Waals surface area (Å²) in [6.07, 6.45) is 1.63. The number of fused-ring (bicyclic) bond motifs is 1. The number of anilines is 1. The van der Waals surface area contributed by atoms with Crippen LogP contribution in [0.1, 0.15) is 5.69 Å². The number of nitrogens with one attached hydrogen (secondary N) is 2. The lowest BCUT2D eigenvalue weighted by molar-refractivity contribution is 0.586. The summed E-state index contributed by atoms with van der Waals surface area (Å²) < 4.78 is 39.5. The van der Waals surface area contributed by atoms with E-state index >= 15 is 0 Å². The van der Waals surface area contributed by atoms with Crippen LogP contribution in [0.2, 0.25) is 0 Å². The van der Waals surface area contributed by atoms with Crippen LogP contribution >= 0.6 is 0 Å². The van der Waals surface area contributed by atoms with Crippen LogP contribution in [0, 0.1) is 5.82 Å². The molecule has 2 aromatic rings. The number of halogens is 1. The lowest BCUT2D eigenvalue weighted by Crippen LogP contribution is -2.40. The third kappa shape index (κ3) is 2.84. The maximum Gasteiger partial charge on any atom is 0.266 e. The molecule has 0 amide bonds. The fourth-order valence-electron chi connectivity index (χ4n) is 1.88. The van der Waals surface area contributed by atoms with Gasteiger partial charge < -0.3 is 5.32 Å². The van der Waals surface area contributed by atoms with Gasteiger partial charge in [0.2, 0.25) is 5.96 Å². The first-order valence-corrected chi connectivity index (χ1v) is 7.57. The third-order valence-electron chi connectivity index (χ3n) is 2.84. The summed E-state index contributed by atoms with van der Waals surface area (Å²) in [5.74, 6) is -0.533. The molecule has 0 saturated carbocycles. The number of aliphatic imine (C=N–C) groups is 1. The zero-order chi connectivity index (χ0) is 14.9. The first kappa shape index (κ1) is 13.5. The third-order valence-corrected chi connectivity index (χ3v) is 4.22. The Morgan fingerprint density at radius 2 is 2.10 bits per heavy atom. The molecule has 0 unspecified atom stereocenters. The van der Waals surface area contributed by atoms with Gasteiger partial charge in [0.05, 0.1) is 17.9 Å². The van der Waals surface area contributed by atoms with Crippen LogP contribution < -0.4 is 10.0 Å². The normalized spacial score (nSPS) is 17.7. The number of benzene rings is 1. The minimum absolute atomic E-state index is 0.0831. The first-order valence-electron chi connectivity index (χ1n) is 6.08. The Kier molecular flexibility index (Phi) is 3.30. The van der Waals surface area contributed by atoms with Crippen LogP contribution in [-0.4, -0.2) is 19.4 Å². The summed E-state index contributed by atoms with van der Waals surface area (Å²) in [5.41, 5.74) is 0.992. The molecule has 1 aromatic carbocycles. The Labute approximate surface area is 120 Å². The number of nitrogens with zero attached hydrogens (tertiary/aromatic N) is 2. The minimum atomic E-state index is -3.82. The summed E-state index contributed by atoms with van der Waals surface area (Å²) >= 11 is 0. The predicted octanol–water partition coefficient (Wildman–Crippen LogP) is 1.48. The zero-order valence-electron chi connectivity index (χ0n) is 10.7. The fraction of sp³-hybridized carbons (Fsp3) is 0.0769. The van der Waals surface area contributed by atoms with Crippen LogP contribution in [0.15, 0.2) is 52.5 Å². The van der Waals surface area contributed by atoms with E-state index in [9.17, 15) is 12.8 Å². The SMILES string of the molecule is O=S1(=O)NC(=NCc2ccccn2)Nc2ccc(F)cc21. The van der Waals surface area contributed by atoms with E-state index < -0.39 is 15.8 Å². The van der Waals surface area contributed by atoms with Gasteiger partial charge in [-0.25, -0.2) is 22.5 Å². The number of rotatable bonds is 2. The van der Waals surface area contributed by atoms with Crippen molar-refractivity contribution < 1.29 is 12.8 Å². The summed E-state index contributed by atoms with van der Waals surface area (Å²) in [6, 6.07) is 8.88. The summed E-state index contributed by atoms with van der Waals surface area (Å²) in [7, 11) is -3.82. The van der Waals surface area contributed by atoms with E-state index in [4.69, 9.17) is 0 Å². The molecular weight excluding hydrogens is 295 g/mol. The van der Waals surface area contributed by atoms with Gasteiger partial charge in [0.15, 0.2) is 0 Å². The largest absolute Gasteiger partial charge is 0.324 e. The van der Waals surface area contributed by atoms with Gasteiger partial charge in [-0.3, -0.25) is 4.98 Å². The second-order valence-electron chi connectivity index (χ2n) is 4.36. The maximum absolute atomic E-state index is 13.1. The van der Waals surface area contributed by atoms with Gasteiger partial charge in [-0.15, -0.1) is 0 Å². The molecule has 0 aliphatic carbocycles. The molecule has 0 spiro atoms. The van der Waals surface area contributed by atoms with Crippen molar-refractivity contribution in [3.8, 4) is 0 Å². The van der Waals surface area contributed by atoms with Gasteiger partial charge in [0.25, 0.3) is 10.0 Å². The smallest absolute Gasteiger partial charge is 0.266 e. The molecule has 8 heteroatoms. The summed E-state index contributed by atoms with van der Waals surface area (Å²) in [6.45, 7) is 0.224. The monoisotopic (exact) mass is 306 g/mol. The molecule has 108 valence electrons. The molecule has 1 aliphatic rings. The van der Waals surface area contributed by atoms with Crippen molar-refractivity contribution in [3.05, 3.63) is 54.1 Å². The van der Waals surface area contributed by atoms with Crippen LogP contribution in [0.3, 0.4) is 0 Å². The van der Waals surface area contributed by atoms with E-state index in [1.165, 1.54) is 12.1 Å². The molecule has 21 heavy (non-hydrogen) atoms. The molecule has 0 bridgehead atoms. The van der Waals surface area contributed by atoms with Crippen LogP contribution in [0.25, 0.3) is 0 Å². The van der Waals surface area contributed by atoms with E-state index in [-0.39, 0.29) is 23.1 Å².